The highest BCUT2D eigenvalue weighted by atomic mass is 14.8. The maximum atomic E-state index is 4.71. The van der Waals surface area contributed by atoms with E-state index in [1.54, 1.807) is 0 Å². The number of aryl methyl sites for hydroxylation is 1. The predicted octanol–water partition coefficient (Wildman–Crippen LogP) is 4.74. The van der Waals surface area contributed by atoms with Gasteiger partial charge in [0.15, 0.2) is 0 Å². The van der Waals surface area contributed by atoms with Gasteiger partial charge in [-0.25, -0.2) is 0 Å². The van der Waals surface area contributed by atoms with E-state index in [0.717, 1.165) is 24.3 Å². The molecule has 0 atom stereocenters. The molecule has 1 aliphatic heterocycles. The number of nitrogens with zero attached hydrogens (tertiary/aromatic N) is 1. The van der Waals surface area contributed by atoms with E-state index in [0.29, 0.717) is 0 Å². The third-order valence-corrected chi connectivity index (χ3v) is 4.21. The first-order valence-electron chi connectivity index (χ1n) is 7.15. The molecule has 0 radical (unpaired) electrons. The molecule has 1 aromatic heterocycles. The van der Waals surface area contributed by atoms with Gasteiger partial charge in [0.05, 0.1) is 5.70 Å². The molecule has 0 aromatic carbocycles. The Morgan fingerprint density at radius 2 is 1.74 bits per heavy atom. The average molecular weight is 256 g/mol. The van der Waals surface area contributed by atoms with Gasteiger partial charge in [-0.3, -0.25) is 4.99 Å². The summed E-state index contributed by atoms with van der Waals surface area (Å²) in [5.41, 5.74) is 10.3. The molecule has 0 amide bonds. The Morgan fingerprint density at radius 3 is 2.26 bits per heavy atom. The lowest BCUT2D eigenvalue weighted by atomic mass is 10.0. The standard InChI is InChI=1S/C17H24N2/c1-7-14-11(4)16(19-13(14)6)9-17-15(8-2)10(3)12(5)18-17/h9,19H,7-8H2,1-6H3. The Balaban J connectivity index is 2.49. The van der Waals surface area contributed by atoms with Gasteiger partial charge in [-0.1, -0.05) is 13.8 Å². The normalized spacial score (nSPS) is 17.6. The van der Waals surface area contributed by atoms with Crippen LogP contribution >= 0.6 is 0 Å². The van der Waals surface area contributed by atoms with Crippen molar-refractivity contribution in [3.8, 4) is 0 Å². The molecule has 102 valence electrons. The minimum atomic E-state index is 1.04. The summed E-state index contributed by atoms with van der Waals surface area (Å²) in [7, 11) is 0. The summed E-state index contributed by atoms with van der Waals surface area (Å²) in [6.07, 6.45) is 4.33. The van der Waals surface area contributed by atoms with Gasteiger partial charge in [-0.15, -0.1) is 0 Å². The first kappa shape index (κ1) is 13.9. The SMILES string of the molecule is CCC1=C(C)C(C)=NC1=Cc1[nH]c(C)c(CC)c1C. The third kappa shape index (κ3) is 2.32. The van der Waals surface area contributed by atoms with E-state index >= 15 is 0 Å². The van der Waals surface area contributed by atoms with Crippen LogP contribution in [0.2, 0.25) is 0 Å². The minimum Gasteiger partial charge on any atom is -0.359 e. The first-order valence-corrected chi connectivity index (χ1v) is 7.15. The average Bonchev–Trinajstić information content (AvgIpc) is 2.78. The summed E-state index contributed by atoms with van der Waals surface area (Å²) in [6, 6.07) is 0. The molecule has 0 spiro atoms. The highest BCUT2D eigenvalue weighted by molar-refractivity contribution is 6.03. The van der Waals surface area contributed by atoms with Gasteiger partial charge < -0.3 is 4.98 Å². The molecule has 2 heterocycles. The van der Waals surface area contributed by atoms with Crippen molar-refractivity contribution < 1.29 is 0 Å². The van der Waals surface area contributed by atoms with Crippen molar-refractivity contribution in [3.05, 3.63) is 39.4 Å². The van der Waals surface area contributed by atoms with Crippen LogP contribution in [-0.4, -0.2) is 10.7 Å². The van der Waals surface area contributed by atoms with Crippen LogP contribution in [-0.2, 0) is 6.42 Å². The number of H-pyrrole nitrogens is 1. The van der Waals surface area contributed by atoms with Crippen molar-refractivity contribution in [1.29, 1.82) is 0 Å². The van der Waals surface area contributed by atoms with Gasteiger partial charge >= 0.3 is 0 Å². The van der Waals surface area contributed by atoms with Gasteiger partial charge in [0.2, 0.25) is 0 Å². The monoisotopic (exact) mass is 256 g/mol. The van der Waals surface area contributed by atoms with Crippen LogP contribution in [0.25, 0.3) is 6.08 Å². The summed E-state index contributed by atoms with van der Waals surface area (Å²) >= 11 is 0. The third-order valence-electron chi connectivity index (χ3n) is 4.21. The fourth-order valence-corrected chi connectivity index (χ4v) is 2.93. The van der Waals surface area contributed by atoms with Gasteiger partial charge in [-0.2, -0.15) is 0 Å². The van der Waals surface area contributed by atoms with Gasteiger partial charge in [0, 0.05) is 17.1 Å². The van der Waals surface area contributed by atoms with Gasteiger partial charge in [0.1, 0.15) is 0 Å². The van der Waals surface area contributed by atoms with Crippen molar-refractivity contribution in [2.75, 3.05) is 0 Å². The number of aromatic nitrogens is 1. The number of aromatic amines is 1. The zero-order valence-corrected chi connectivity index (χ0v) is 12.9. The number of allylic oxidation sites excluding steroid dienone is 2. The summed E-state index contributed by atoms with van der Waals surface area (Å²) in [4.78, 5) is 8.20. The highest BCUT2D eigenvalue weighted by Gasteiger charge is 2.17. The largest absolute Gasteiger partial charge is 0.359 e. The number of hydrogen-bond donors (Lipinski definition) is 1. The minimum absolute atomic E-state index is 1.04. The Bertz CT molecular complexity index is 595. The Kier molecular flexibility index (Phi) is 3.79. The van der Waals surface area contributed by atoms with Crippen LogP contribution in [0.5, 0.6) is 0 Å². The molecule has 0 saturated carbocycles. The maximum absolute atomic E-state index is 4.71. The molecule has 0 unspecified atom stereocenters. The molecule has 1 aliphatic rings. The number of aliphatic imine (C=N–C) groups is 1. The van der Waals surface area contributed by atoms with E-state index in [9.17, 15) is 0 Å². The summed E-state index contributed by atoms with van der Waals surface area (Å²) in [5, 5.41) is 0. The summed E-state index contributed by atoms with van der Waals surface area (Å²) < 4.78 is 0. The second kappa shape index (κ2) is 5.20. The Morgan fingerprint density at radius 1 is 1.05 bits per heavy atom. The van der Waals surface area contributed by atoms with Crippen LogP contribution in [0.1, 0.15) is 56.6 Å². The van der Waals surface area contributed by atoms with E-state index in [-0.39, 0.29) is 0 Å². The van der Waals surface area contributed by atoms with Crippen LogP contribution in [0.4, 0.5) is 0 Å². The Hall–Kier alpha value is -1.57. The van der Waals surface area contributed by atoms with E-state index in [4.69, 9.17) is 4.99 Å². The van der Waals surface area contributed by atoms with Crippen LogP contribution in [0, 0.1) is 13.8 Å². The molecule has 2 rings (SSSR count). The molecular formula is C17H24N2. The molecule has 0 saturated heterocycles. The predicted molar refractivity (Wildman–Crippen MR) is 83.7 cm³/mol. The van der Waals surface area contributed by atoms with Crippen LogP contribution < -0.4 is 0 Å². The lowest BCUT2D eigenvalue weighted by Gasteiger charge is -2.02. The molecule has 1 N–H and O–H groups in total. The highest BCUT2D eigenvalue weighted by Crippen LogP contribution is 2.30. The second-order valence-electron chi connectivity index (χ2n) is 5.30. The van der Waals surface area contributed by atoms with E-state index < -0.39 is 0 Å². The van der Waals surface area contributed by atoms with Crippen molar-refractivity contribution in [3.63, 3.8) is 0 Å². The lowest BCUT2D eigenvalue weighted by Crippen LogP contribution is -1.89. The molecule has 19 heavy (non-hydrogen) atoms. The van der Waals surface area contributed by atoms with Crippen LogP contribution in [0.15, 0.2) is 21.8 Å². The zero-order valence-electron chi connectivity index (χ0n) is 12.9. The molecule has 2 heteroatoms. The topological polar surface area (TPSA) is 28.1 Å². The lowest BCUT2D eigenvalue weighted by molar-refractivity contribution is 1.08. The van der Waals surface area contributed by atoms with Gasteiger partial charge in [0.25, 0.3) is 0 Å². The number of rotatable bonds is 3. The van der Waals surface area contributed by atoms with E-state index in [2.05, 4.69) is 52.6 Å². The van der Waals surface area contributed by atoms with E-state index in [1.807, 2.05) is 0 Å². The van der Waals surface area contributed by atoms with Crippen molar-refractivity contribution >= 4 is 11.8 Å². The fraction of sp³-hybridized carbons (Fsp3) is 0.471. The number of nitrogens with one attached hydrogen (secondary N) is 1. The smallest absolute Gasteiger partial charge is 0.0688 e. The van der Waals surface area contributed by atoms with Crippen molar-refractivity contribution in [1.82, 2.24) is 4.98 Å². The van der Waals surface area contributed by atoms with Crippen molar-refractivity contribution in [2.45, 2.75) is 54.4 Å². The molecule has 2 nitrogen and oxygen atoms in total. The molecular weight excluding hydrogens is 232 g/mol. The fourth-order valence-electron chi connectivity index (χ4n) is 2.93. The number of hydrogen-bond acceptors (Lipinski definition) is 1. The molecule has 0 aliphatic carbocycles. The zero-order chi connectivity index (χ0) is 14.2. The van der Waals surface area contributed by atoms with Crippen molar-refractivity contribution in [2.24, 2.45) is 4.99 Å². The van der Waals surface area contributed by atoms with Crippen LogP contribution in [0.3, 0.4) is 0 Å². The quantitative estimate of drug-likeness (QED) is 0.809. The summed E-state index contributed by atoms with van der Waals surface area (Å²) in [5.74, 6) is 0. The first-order chi connectivity index (χ1) is 8.99. The molecule has 0 bridgehead atoms. The molecule has 0 fully saturated rings. The van der Waals surface area contributed by atoms with E-state index in [1.165, 1.54) is 33.7 Å². The molecule has 1 aromatic rings. The van der Waals surface area contributed by atoms with Gasteiger partial charge in [-0.05, 0) is 68.9 Å². The summed E-state index contributed by atoms with van der Waals surface area (Å²) in [6.45, 7) is 13.0. The Labute approximate surface area is 116 Å². The maximum Gasteiger partial charge on any atom is 0.0688 e. The second-order valence-corrected chi connectivity index (χ2v) is 5.30.